The van der Waals surface area contributed by atoms with Crippen molar-refractivity contribution in [2.75, 3.05) is 0 Å². The summed E-state index contributed by atoms with van der Waals surface area (Å²) in [6.07, 6.45) is 7.66. The minimum absolute atomic E-state index is 0.00542. The summed E-state index contributed by atoms with van der Waals surface area (Å²) in [4.78, 5) is 12.6. The predicted molar refractivity (Wildman–Crippen MR) is 86.9 cm³/mol. The van der Waals surface area contributed by atoms with Crippen molar-refractivity contribution in [1.82, 2.24) is 5.32 Å². The van der Waals surface area contributed by atoms with Crippen molar-refractivity contribution in [1.29, 1.82) is 0 Å². The van der Waals surface area contributed by atoms with Crippen molar-refractivity contribution < 1.29 is 9.21 Å². The monoisotopic (exact) mass is 308 g/mol. The van der Waals surface area contributed by atoms with Crippen molar-refractivity contribution >= 4 is 23.1 Å². The molecule has 1 saturated carbocycles. The Morgan fingerprint density at radius 2 is 2.24 bits per heavy atom. The average Bonchev–Trinajstić information content (AvgIpc) is 2.99. The standard InChI is InChI=1S/C16H24N2O2S/c1-2-12-7-9-16(10-8-12,15(17)21)18-14(19)6-5-13-4-3-11-20-13/h3-4,11-12H,2,5-10H2,1H3,(H2,17,21)(H,18,19). The molecule has 1 amide bonds. The fourth-order valence-electron chi connectivity index (χ4n) is 3.03. The maximum absolute atomic E-state index is 12.2. The molecule has 0 spiro atoms. The Balaban J connectivity index is 1.90. The van der Waals surface area contributed by atoms with Crippen molar-refractivity contribution in [3.8, 4) is 0 Å². The minimum Gasteiger partial charge on any atom is -0.469 e. The molecule has 5 heteroatoms. The molecule has 1 aromatic heterocycles. The zero-order valence-corrected chi connectivity index (χ0v) is 13.4. The molecule has 0 bridgehead atoms. The first kappa shape index (κ1) is 16.0. The molecule has 0 aliphatic heterocycles. The van der Waals surface area contributed by atoms with E-state index in [0.29, 0.717) is 17.8 Å². The zero-order chi connectivity index (χ0) is 15.3. The van der Waals surface area contributed by atoms with Gasteiger partial charge in [0.2, 0.25) is 5.91 Å². The van der Waals surface area contributed by atoms with Gasteiger partial charge in [0.05, 0.1) is 16.8 Å². The van der Waals surface area contributed by atoms with E-state index >= 15 is 0 Å². The number of hydrogen-bond acceptors (Lipinski definition) is 3. The Bertz CT molecular complexity index is 476. The Morgan fingerprint density at radius 1 is 1.52 bits per heavy atom. The molecule has 1 aromatic rings. The van der Waals surface area contributed by atoms with Gasteiger partial charge in [0.15, 0.2) is 0 Å². The van der Waals surface area contributed by atoms with Gasteiger partial charge in [-0.25, -0.2) is 0 Å². The van der Waals surface area contributed by atoms with Crippen LogP contribution in [0.1, 0.15) is 51.2 Å². The number of furan rings is 1. The van der Waals surface area contributed by atoms with Gasteiger partial charge < -0.3 is 15.5 Å². The van der Waals surface area contributed by atoms with Gasteiger partial charge in [0.1, 0.15) is 5.76 Å². The topological polar surface area (TPSA) is 68.3 Å². The first-order valence-electron chi connectivity index (χ1n) is 7.69. The van der Waals surface area contributed by atoms with Gasteiger partial charge >= 0.3 is 0 Å². The van der Waals surface area contributed by atoms with E-state index in [2.05, 4.69) is 12.2 Å². The molecule has 0 saturated heterocycles. The van der Waals surface area contributed by atoms with E-state index in [1.165, 1.54) is 6.42 Å². The summed E-state index contributed by atoms with van der Waals surface area (Å²) >= 11 is 5.23. The first-order valence-corrected chi connectivity index (χ1v) is 8.10. The average molecular weight is 308 g/mol. The summed E-state index contributed by atoms with van der Waals surface area (Å²) in [6, 6.07) is 3.71. The SMILES string of the molecule is CCC1CCC(NC(=O)CCc2ccco2)(C(N)=S)CC1. The van der Waals surface area contributed by atoms with Crippen LogP contribution in [0.5, 0.6) is 0 Å². The summed E-state index contributed by atoms with van der Waals surface area (Å²) in [7, 11) is 0. The van der Waals surface area contributed by atoms with E-state index in [1.54, 1.807) is 6.26 Å². The van der Waals surface area contributed by atoms with E-state index in [0.717, 1.165) is 37.4 Å². The molecule has 21 heavy (non-hydrogen) atoms. The number of nitrogens with two attached hydrogens (primary N) is 1. The second-order valence-electron chi connectivity index (χ2n) is 5.93. The van der Waals surface area contributed by atoms with Crippen LogP contribution < -0.4 is 11.1 Å². The fourth-order valence-corrected chi connectivity index (χ4v) is 3.29. The summed E-state index contributed by atoms with van der Waals surface area (Å²) < 4.78 is 5.24. The molecule has 2 rings (SSSR count). The molecule has 3 N–H and O–H groups in total. The van der Waals surface area contributed by atoms with Gasteiger partial charge in [-0.3, -0.25) is 4.79 Å². The Hall–Kier alpha value is -1.36. The van der Waals surface area contributed by atoms with Crippen molar-refractivity contribution in [2.45, 2.75) is 57.4 Å². The number of amides is 1. The number of nitrogens with one attached hydrogen (secondary N) is 1. The van der Waals surface area contributed by atoms with Gasteiger partial charge in [-0.05, 0) is 43.7 Å². The molecule has 1 heterocycles. The van der Waals surface area contributed by atoms with Crippen LogP contribution in [-0.2, 0) is 11.2 Å². The van der Waals surface area contributed by atoms with Crippen molar-refractivity contribution in [3.05, 3.63) is 24.2 Å². The van der Waals surface area contributed by atoms with Crippen LogP contribution in [0.15, 0.2) is 22.8 Å². The molecule has 1 aliphatic carbocycles. The number of thiocarbonyl (C=S) groups is 1. The van der Waals surface area contributed by atoms with Crippen molar-refractivity contribution in [3.63, 3.8) is 0 Å². The van der Waals surface area contributed by atoms with Gasteiger partial charge in [0, 0.05) is 12.8 Å². The molecule has 4 nitrogen and oxygen atoms in total. The maximum atomic E-state index is 12.2. The van der Waals surface area contributed by atoms with Gasteiger partial charge in [-0.15, -0.1) is 0 Å². The Kier molecular flexibility index (Phi) is 5.39. The summed E-state index contributed by atoms with van der Waals surface area (Å²) in [5.41, 5.74) is 5.44. The maximum Gasteiger partial charge on any atom is 0.221 e. The number of carbonyl (C=O) groups excluding carboxylic acids is 1. The lowest BCUT2D eigenvalue weighted by atomic mass is 9.75. The van der Waals surface area contributed by atoms with Crippen LogP contribution >= 0.6 is 12.2 Å². The first-order chi connectivity index (χ1) is 10.1. The summed E-state index contributed by atoms with van der Waals surface area (Å²) in [5, 5.41) is 3.09. The van der Waals surface area contributed by atoms with E-state index in [-0.39, 0.29) is 5.91 Å². The predicted octanol–water partition coefficient (Wildman–Crippen LogP) is 2.95. The molecule has 0 aromatic carbocycles. The van der Waals surface area contributed by atoms with Gasteiger partial charge in [-0.2, -0.15) is 0 Å². The number of rotatable bonds is 6. The summed E-state index contributed by atoms with van der Waals surface area (Å²) in [5.74, 6) is 1.55. The minimum atomic E-state index is -0.485. The van der Waals surface area contributed by atoms with E-state index in [9.17, 15) is 4.79 Å². The Labute approximate surface area is 131 Å². The third-order valence-electron chi connectivity index (χ3n) is 4.56. The highest BCUT2D eigenvalue weighted by molar-refractivity contribution is 7.80. The molecule has 1 fully saturated rings. The number of aryl methyl sites for hydroxylation is 1. The lowest BCUT2D eigenvalue weighted by molar-refractivity contribution is -0.122. The van der Waals surface area contributed by atoms with E-state index in [1.807, 2.05) is 12.1 Å². The highest BCUT2D eigenvalue weighted by Crippen LogP contribution is 2.34. The molecular formula is C16H24N2O2S. The Morgan fingerprint density at radius 3 is 2.76 bits per heavy atom. The molecule has 0 radical (unpaired) electrons. The normalized spacial score (nSPS) is 25.5. The highest BCUT2D eigenvalue weighted by Gasteiger charge is 2.38. The van der Waals surface area contributed by atoms with Crippen LogP contribution in [0.2, 0.25) is 0 Å². The molecule has 0 unspecified atom stereocenters. The van der Waals surface area contributed by atoms with Crippen molar-refractivity contribution in [2.24, 2.45) is 11.7 Å². The molecule has 1 aliphatic rings. The van der Waals surface area contributed by atoms with E-state index in [4.69, 9.17) is 22.4 Å². The van der Waals surface area contributed by atoms with Crippen LogP contribution in [-0.4, -0.2) is 16.4 Å². The van der Waals surface area contributed by atoms with Gasteiger partial charge in [-0.1, -0.05) is 25.6 Å². The molecule has 0 atom stereocenters. The highest BCUT2D eigenvalue weighted by atomic mass is 32.1. The van der Waals surface area contributed by atoms with Gasteiger partial charge in [0.25, 0.3) is 0 Å². The van der Waals surface area contributed by atoms with Crippen LogP contribution in [0.25, 0.3) is 0 Å². The quantitative estimate of drug-likeness (QED) is 0.793. The number of carbonyl (C=O) groups is 1. The fraction of sp³-hybridized carbons (Fsp3) is 0.625. The lowest BCUT2D eigenvalue weighted by Crippen LogP contribution is -2.58. The van der Waals surface area contributed by atoms with Crippen LogP contribution in [0.3, 0.4) is 0 Å². The second kappa shape index (κ2) is 7.07. The van der Waals surface area contributed by atoms with E-state index < -0.39 is 5.54 Å². The smallest absolute Gasteiger partial charge is 0.221 e. The summed E-state index contributed by atoms with van der Waals surface area (Å²) in [6.45, 7) is 2.21. The van der Waals surface area contributed by atoms with Crippen LogP contribution in [0.4, 0.5) is 0 Å². The zero-order valence-electron chi connectivity index (χ0n) is 12.6. The number of hydrogen-bond donors (Lipinski definition) is 2. The molecule has 116 valence electrons. The third kappa shape index (κ3) is 4.06. The largest absolute Gasteiger partial charge is 0.469 e. The molecular weight excluding hydrogens is 284 g/mol. The van der Waals surface area contributed by atoms with Crippen LogP contribution in [0, 0.1) is 5.92 Å². The lowest BCUT2D eigenvalue weighted by Gasteiger charge is -2.40. The second-order valence-corrected chi connectivity index (χ2v) is 6.37. The third-order valence-corrected chi connectivity index (χ3v) is 4.96.